The van der Waals surface area contributed by atoms with Crippen molar-refractivity contribution in [3.05, 3.63) is 47.5 Å². The van der Waals surface area contributed by atoms with E-state index in [0.29, 0.717) is 24.7 Å². The zero-order valence-electron chi connectivity index (χ0n) is 11.7. The quantitative estimate of drug-likeness (QED) is 0.727. The van der Waals surface area contributed by atoms with E-state index in [1.165, 1.54) is 0 Å². The molecular weight excluding hydrogens is 284 g/mol. The van der Waals surface area contributed by atoms with Crippen LogP contribution in [0.1, 0.15) is 11.9 Å². The summed E-state index contributed by atoms with van der Waals surface area (Å²) in [5.74, 6) is 1.56. The van der Waals surface area contributed by atoms with Gasteiger partial charge in [0.2, 0.25) is 0 Å². The smallest absolute Gasteiger partial charge is 0.142 e. The molecule has 4 nitrogen and oxygen atoms in total. The van der Waals surface area contributed by atoms with Gasteiger partial charge in [-0.05, 0) is 37.3 Å². The second-order valence-electron chi connectivity index (χ2n) is 4.50. The predicted octanol–water partition coefficient (Wildman–Crippen LogP) is 3.86. The fourth-order valence-electron chi connectivity index (χ4n) is 2.02. The minimum atomic E-state index is 0.414. The van der Waals surface area contributed by atoms with Gasteiger partial charge in [0.05, 0.1) is 22.5 Å². The van der Waals surface area contributed by atoms with E-state index in [-0.39, 0.29) is 0 Å². The molecule has 0 aliphatic heterocycles. The molecule has 2 N–H and O–H groups in total. The zero-order chi connectivity index (χ0) is 14.7. The molecule has 0 atom stereocenters. The van der Waals surface area contributed by atoms with Crippen molar-refractivity contribution in [1.29, 1.82) is 0 Å². The molecule has 0 saturated heterocycles. The summed E-state index contributed by atoms with van der Waals surface area (Å²) in [5.41, 5.74) is 7.45. The molecule has 0 unspecified atom stereocenters. The van der Waals surface area contributed by atoms with Gasteiger partial charge in [0.25, 0.3) is 0 Å². The highest BCUT2D eigenvalue weighted by Gasteiger charge is 2.07. The van der Waals surface area contributed by atoms with Gasteiger partial charge in [-0.2, -0.15) is 0 Å². The summed E-state index contributed by atoms with van der Waals surface area (Å²) in [6.45, 7) is 3.05. The Balaban J connectivity index is 1.77. The highest BCUT2D eigenvalue weighted by molar-refractivity contribution is 7.18. The molecule has 0 aliphatic carbocycles. The maximum atomic E-state index is 5.85. The van der Waals surface area contributed by atoms with E-state index in [1.54, 1.807) is 11.3 Å². The second kappa shape index (κ2) is 6.01. The van der Waals surface area contributed by atoms with Crippen molar-refractivity contribution in [1.82, 2.24) is 4.98 Å². The Labute approximate surface area is 127 Å². The molecule has 0 saturated carbocycles. The van der Waals surface area contributed by atoms with Gasteiger partial charge < -0.3 is 15.2 Å². The van der Waals surface area contributed by atoms with Crippen LogP contribution in [0.25, 0.3) is 10.2 Å². The van der Waals surface area contributed by atoms with Gasteiger partial charge in [0.1, 0.15) is 23.1 Å². The molecule has 21 heavy (non-hydrogen) atoms. The van der Waals surface area contributed by atoms with Crippen LogP contribution in [0.15, 0.2) is 42.5 Å². The van der Waals surface area contributed by atoms with Gasteiger partial charge in [-0.1, -0.05) is 12.1 Å². The van der Waals surface area contributed by atoms with Crippen LogP contribution in [-0.2, 0) is 6.61 Å². The van der Waals surface area contributed by atoms with Crippen LogP contribution < -0.4 is 15.2 Å². The number of aromatic nitrogens is 1. The summed E-state index contributed by atoms with van der Waals surface area (Å²) in [6.07, 6.45) is 0. The molecule has 0 aliphatic rings. The maximum absolute atomic E-state index is 5.85. The Bertz CT molecular complexity index is 755. The third-order valence-electron chi connectivity index (χ3n) is 2.99. The number of nitrogens with zero attached hydrogens (tertiary/aromatic N) is 1. The first kappa shape index (κ1) is 13.7. The number of nitrogen functional groups attached to an aromatic ring is 1. The Morgan fingerprint density at radius 2 is 2.00 bits per heavy atom. The van der Waals surface area contributed by atoms with Crippen molar-refractivity contribution < 1.29 is 9.47 Å². The van der Waals surface area contributed by atoms with E-state index < -0.39 is 0 Å². The summed E-state index contributed by atoms with van der Waals surface area (Å²) >= 11 is 1.61. The molecule has 5 heteroatoms. The Morgan fingerprint density at radius 3 is 2.81 bits per heavy atom. The van der Waals surface area contributed by atoms with Crippen molar-refractivity contribution in [2.75, 3.05) is 12.3 Å². The summed E-state index contributed by atoms with van der Waals surface area (Å²) in [5, 5.41) is 0.918. The van der Waals surface area contributed by atoms with Crippen LogP contribution in [0, 0.1) is 0 Å². The third-order valence-corrected chi connectivity index (χ3v) is 3.98. The number of ether oxygens (including phenoxy) is 2. The van der Waals surface area contributed by atoms with Crippen LogP contribution in [0.5, 0.6) is 11.5 Å². The number of nitrogens with two attached hydrogens (primary N) is 1. The summed E-state index contributed by atoms with van der Waals surface area (Å²) in [6, 6.07) is 13.4. The van der Waals surface area contributed by atoms with Crippen LogP contribution in [0.3, 0.4) is 0 Å². The molecule has 2 aromatic carbocycles. The van der Waals surface area contributed by atoms with E-state index in [9.17, 15) is 0 Å². The van der Waals surface area contributed by atoms with Gasteiger partial charge in [-0.25, -0.2) is 4.98 Å². The fourth-order valence-corrected chi connectivity index (χ4v) is 2.93. The van der Waals surface area contributed by atoms with Crippen LogP contribution in [0.4, 0.5) is 5.69 Å². The van der Waals surface area contributed by atoms with E-state index in [4.69, 9.17) is 15.2 Å². The molecular formula is C16H16N2O2S. The normalized spacial score (nSPS) is 10.7. The number of rotatable bonds is 5. The number of thiazole rings is 1. The van der Waals surface area contributed by atoms with Crippen LogP contribution in [-0.4, -0.2) is 11.6 Å². The van der Waals surface area contributed by atoms with Crippen molar-refractivity contribution in [3.63, 3.8) is 0 Å². The van der Waals surface area contributed by atoms with Crippen LogP contribution in [0.2, 0.25) is 0 Å². The molecule has 3 rings (SSSR count). The van der Waals surface area contributed by atoms with Gasteiger partial charge in [-0.3, -0.25) is 0 Å². The van der Waals surface area contributed by atoms with E-state index in [2.05, 4.69) is 4.98 Å². The highest BCUT2D eigenvalue weighted by Crippen LogP contribution is 2.28. The first-order chi connectivity index (χ1) is 10.3. The first-order valence-electron chi connectivity index (χ1n) is 6.76. The molecule has 0 fully saturated rings. The van der Waals surface area contributed by atoms with Crippen LogP contribution >= 0.6 is 11.3 Å². The number of hydrogen-bond acceptors (Lipinski definition) is 5. The van der Waals surface area contributed by atoms with E-state index >= 15 is 0 Å². The Hall–Kier alpha value is -2.27. The fraction of sp³-hybridized carbons (Fsp3) is 0.188. The van der Waals surface area contributed by atoms with Crippen molar-refractivity contribution in [2.45, 2.75) is 13.5 Å². The van der Waals surface area contributed by atoms with Gasteiger partial charge in [0.15, 0.2) is 0 Å². The molecule has 0 bridgehead atoms. The minimum absolute atomic E-state index is 0.414. The zero-order valence-corrected chi connectivity index (χ0v) is 12.5. The standard InChI is InChI=1S/C16H16N2O2S/c1-2-19-11-7-8-13-15(9-11)21-16(18-13)10-20-14-6-4-3-5-12(14)17/h3-9H,2,10,17H2,1H3. The summed E-state index contributed by atoms with van der Waals surface area (Å²) in [4.78, 5) is 4.56. The predicted molar refractivity (Wildman–Crippen MR) is 86.0 cm³/mol. The molecule has 3 aromatic rings. The topological polar surface area (TPSA) is 57.4 Å². The third kappa shape index (κ3) is 3.08. The average molecular weight is 300 g/mol. The molecule has 0 spiro atoms. The van der Waals surface area contributed by atoms with Gasteiger partial charge >= 0.3 is 0 Å². The summed E-state index contributed by atoms with van der Waals surface area (Å²) < 4.78 is 12.3. The number of para-hydroxylation sites is 2. The minimum Gasteiger partial charge on any atom is -0.494 e. The number of fused-ring (bicyclic) bond motifs is 1. The lowest BCUT2D eigenvalue weighted by Gasteiger charge is -2.06. The Kier molecular flexibility index (Phi) is 3.92. The molecule has 0 radical (unpaired) electrons. The SMILES string of the molecule is CCOc1ccc2nc(COc3ccccc3N)sc2c1. The summed E-state index contributed by atoms with van der Waals surface area (Å²) in [7, 11) is 0. The van der Waals surface area contributed by atoms with E-state index in [0.717, 1.165) is 21.0 Å². The lowest BCUT2D eigenvalue weighted by molar-refractivity contribution is 0.307. The Morgan fingerprint density at radius 1 is 1.14 bits per heavy atom. The number of benzene rings is 2. The molecule has 108 valence electrons. The first-order valence-corrected chi connectivity index (χ1v) is 7.57. The van der Waals surface area contributed by atoms with Crippen molar-refractivity contribution in [2.24, 2.45) is 0 Å². The maximum Gasteiger partial charge on any atom is 0.142 e. The monoisotopic (exact) mass is 300 g/mol. The van der Waals surface area contributed by atoms with Crippen molar-refractivity contribution >= 4 is 27.2 Å². The van der Waals surface area contributed by atoms with E-state index in [1.807, 2.05) is 49.4 Å². The molecule has 0 amide bonds. The average Bonchev–Trinajstić information content (AvgIpc) is 2.89. The lowest BCUT2D eigenvalue weighted by atomic mass is 10.3. The molecule has 1 heterocycles. The largest absolute Gasteiger partial charge is 0.494 e. The van der Waals surface area contributed by atoms with Crippen molar-refractivity contribution in [3.8, 4) is 11.5 Å². The number of hydrogen-bond donors (Lipinski definition) is 1. The van der Waals surface area contributed by atoms with Gasteiger partial charge in [-0.15, -0.1) is 11.3 Å². The second-order valence-corrected chi connectivity index (χ2v) is 5.61. The van der Waals surface area contributed by atoms with Gasteiger partial charge in [0, 0.05) is 0 Å². The lowest BCUT2D eigenvalue weighted by Crippen LogP contribution is -1.97. The molecule has 1 aromatic heterocycles. The highest BCUT2D eigenvalue weighted by atomic mass is 32.1. The number of anilines is 1.